The highest BCUT2D eigenvalue weighted by Crippen LogP contribution is 2.25. The summed E-state index contributed by atoms with van der Waals surface area (Å²) in [5.74, 6) is 6.17. The lowest BCUT2D eigenvalue weighted by Crippen LogP contribution is -2.26. The van der Waals surface area contributed by atoms with Crippen molar-refractivity contribution in [2.75, 3.05) is 13.2 Å². The summed E-state index contributed by atoms with van der Waals surface area (Å²) in [4.78, 5) is 12.0. The zero-order chi connectivity index (χ0) is 14.9. The van der Waals surface area contributed by atoms with Crippen LogP contribution in [0.2, 0.25) is 0 Å². The van der Waals surface area contributed by atoms with Crippen LogP contribution in [0.5, 0.6) is 0 Å². The summed E-state index contributed by atoms with van der Waals surface area (Å²) in [5, 5.41) is 11.6. The van der Waals surface area contributed by atoms with E-state index in [1.54, 1.807) is 24.3 Å². The second kappa shape index (κ2) is 8.49. The van der Waals surface area contributed by atoms with E-state index in [4.69, 9.17) is 5.11 Å². The highest BCUT2D eigenvalue weighted by Gasteiger charge is 2.13. The predicted molar refractivity (Wildman–Crippen MR) is 83.9 cm³/mol. The van der Waals surface area contributed by atoms with E-state index in [2.05, 4.69) is 17.2 Å². The van der Waals surface area contributed by atoms with E-state index < -0.39 is 0 Å². The first-order chi connectivity index (χ1) is 10.3. The summed E-state index contributed by atoms with van der Waals surface area (Å²) in [6.45, 7) is 0.610. The highest BCUT2D eigenvalue weighted by atomic mass is 16.2. The minimum absolute atomic E-state index is 0.0209. The summed E-state index contributed by atoms with van der Waals surface area (Å²) >= 11 is 0. The van der Waals surface area contributed by atoms with Crippen LogP contribution in [0.3, 0.4) is 0 Å². The van der Waals surface area contributed by atoms with Gasteiger partial charge in [-0.05, 0) is 36.6 Å². The largest absolute Gasteiger partial charge is 0.384 e. The number of aliphatic hydroxyl groups is 1. The highest BCUT2D eigenvalue weighted by molar-refractivity contribution is 5.94. The average molecular weight is 285 g/mol. The third-order valence-electron chi connectivity index (χ3n) is 4.02. The number of nitrogens with one attached hydrogen (secondary N) is 1. The van der Waals surface area contributed by atoms with Gasteiger partial charge in [-0.1, -0.05) is 43.9 Å². The molecular weight excluding hydrogens is 262 g/mol. The van der Waals surface area contributed by atoms with Gasteiger partial charge in [0.2, 0.25) is 0 Å². The van der Waals surface area contributed by atoms with Crippen molar-refractivity contribution in [3.8, 4) is 11.8 Å². The Labute approximate surface area is 126 Å². The Balaban J connectivity index is 1.77. The van der Waals surface area contributed by atoms with E-state index >= 15 is 0 Å². The molecule has 0 radical (unpaired) electrons. The van der Waals surface area contributed by atoms with Crippen LogP contribution in [0.1, 0.15) is 54.4 Å². The molecular formula is C18H23NO2. The Hall–Kier alpha value is -1.79. The fraction of sp³-hybridized carbons (Fsp3) is 0.500. The first-order valence-corrected chi connectivity index (χ1v) is 7.77. The number of amides is 1. The molecule has 0 bridgehead atoms. The molecule has 0 aliphatic heterocycles. The topological polar surface area (TPSA) is 49.3 Å². The van der Waals surface area contributed by atoms with Crippen LogP contribution in [0.4, 0.5) is 0 Å². The Morgan fingerprint density at radius 1 is 1.19 bits per heavy atom. The lowest BCUT2D eigenvalue weighted by atomic mass is 9.87. The van der Waals surface area contributed by atoms with Crippen molar-refractivity contribution in [1.29, 1.82) is 0 Å². The Kier molecular flexibility index (Phi) is 6.30. The first kappa shape index (κ1) is 15.6. The molecule has 0 aromatic heterocycles. The standard InChI is InChI=1S/C18H23NO2/c20-14-4-7-16-8-10-17(11-9-16)18(21)19-13-12-15-5-2-1-3-6-15/h8-11,15,20H,1-3,5-6,12-14H2,(H,19,21). The molecule has 0 unspecified atom stereocenters. The van der Waals surface area contributed by atoms with Crippen LogP contribution in [0.15, 0.2) is 24.3 Å². The van der Waals surface area contributed by atoms with Crippen molar-refractivity contribution < 1.29 is 9.90 Å². The molecule has 1 aliphatic carbocycles. The molecule has 3 heteroatoms. The molecule has 21 heavy (non-hydrogen) atoms. The van der Waals surface area contributed by atoms with Gasteiger partial charge >= 0.3 is 0 Å². The van der Waals surface area contributed by atoms with Crippen molar-refractivity contribution in [3.63, 3.8) is 0 Å². The molecule has 3 nitrogen and oxygen atoms in total. The Bertz CT molecular complexity index is 504. The zero-order valence-electron chi connectivity index (χ0n) is 12.4. The molecule has 0 heterocycles. The van der Waals surface area contributed by atoms with Gasteiger partial charge in [0, 0.05) is 17.7 Å². The summed E-state index contributed by atoms with van der Waals surface area (Å²) in [6.07, 6.45) is 7.77. The van der Waals surface area contributed by atoms with E-state index in [0.717, 1.165) is 24.4 Å². The molecule has 112 valence electrons. The normalized spacial score (nSPS) is 15.1. The van der Waals surface area contributed by atoms with E-state index in [9.17, 15) is 4.79 Å². The van der Waals surface area contributed by atoms with Gasteiger partial charge < -0.3 is 10.4 Å². The second-order valence-electron chi connectivity index (χ2n) is 5.59. The monoisotopic (exact) mass is 285 g/mol. The number of hydrogen-bond donors (Lipinski definition) is 2. The van der Waals surface area contributed by atoms with Crippen molar-refractivity contribution in [1.82, 2.24) is 5.32 Å². The van der Waals surface area contributed by atoms with E-state index in [-0.39, 0.29) is 12.5 Å². The lowest BCUT2D eigenvalue weighted by molar-refractivity contribution is 0.0950. The van der Waals surface area contributed by atoms with Crippen LogP contribution < -0.4 is 5.32 Å². The van der Waals surface area contributed by atoms with Crippen molar-refractivity contribution in [2.24, 2.45) is 5.92 Å². The van der Waals surface area contributed by atoms with Gasteiger partial charge in [-0.2, -0.15) is 0 Å². The molecule has 1 saturated carbocycles. The number of aliphatic hydroxyl groups excluding tert-OH is 1. The summed E-state index contributed by atoms with van der Waals surface area (Å²) in [6, 6.07) is 7.16. The molecule has 1 amide bonds. The number of benzene rings is 1. The van der Waals surface area contributed by atoms with Gasteiger partial charge in [0.05, 0.1) is 0 Å². The molecule has 1 aromatic carbocycles. The van der Waals surface area contributed by atoms with Crippen LogP contribution >= 0.6 is 0 Å². The Morgan fingerprint density at radius 3 is 2.57 bits per heavy atom. The number of rotatable bonds is 4. The van der Waals surface area contributed by atoms with Gasteiger partial charge in [-0.3, -0.25) is 4.79 Å². The molecule has 0 atom stereocenters. The fourth-order valence-electron chi connectivity index (χ4n) is 2.81. The molecule has 2 rings (SSSR count). The minimum atomic E-state index is -0.149. The smallest absolute Gasteiger partial charge is 0.251 e. The van der Waals surface area contributed by atoms with Crippen molar-refractivity contribution in [3.05, 3.63) is 35.4 Å². The van der Waals surface area contributed by atoms with Gasteiger partial charge in [0.15, 0.2) is 0 Å². The van der Waals surface area contributed by atoms with Crippen LogP contribution in [0, 0.1) is 17.8 Å². The van der Waals surface area contributed by atoms with Crippen molar-refractivity contribution >= 4 is 5.91 Å². The molecule has 1 aromatic rings. The quantitative estimate of drug-likeness (QED) is 0.836. The maximum atomic E-state index is 12.0. The molecule has 1 fully saturated rings. The van der Waals surface area contributed by atoms with Gasteiger partial charge in [-0.15, -0.1) is 0 Å². The first-order valence-electron chi connectivity index (χ1n) is 7.77. The minimum Gasteiger partial charge on any atom is -0.384 e. The zero-order valence-corrected chi connectivity index (χ0v) is 12.4. The van der Waals surface area contributed by atoms with Crippen LogP contribution in [0.25, 0.3) is 0 Å². The van der Waals surface area contributed by atoms with Crippen LogP contribution in [-0.4, -0.2) is 24.2 Å². The third-order valence-corrected chi connectivity index (χ3v) is 4.02. The molecule has 1 aliphatic rings. The third kappa shape index (κ3) is 5.24. The van der Waals surface area contributed by atoms with Gasteiger partial charge in [0.1, 0.15) is 6.61 Å². The Morgan fingerprint density at radius 2 is 1.90 bits per heavy atom. The maximum Gasteiger partial charge on any atom is 0.251 e. The SMILES string of the molecule is O=C(NCCC1CCCCC1)c1ccc(C#CCO)cc1. The van der Waals surface area contributed by atoms with E-state index in [0.29, 0.717) is 5.56 Å². The van der Waals surface area contributed by atoms with Crippen LogP contribution in [-0.2, 0) is 0 Å². The van der Waals surface area contributed by atoms with E-state index in [1.807, 2.05) is 0 Å². The lowest BCUT2D eigenvalue weighted by Gasteiger charge is -2.21. The molecule has 0 saturated heterocycles. The summed E-state index contributed by atoms with van der Waals surface area (Å²) in [7, 11) is 0. The predicted octanol–water partition coefficient (Wildman–Crippen LogP) is 2.73. The second-order valence-corrected chi connectivity index (χ2v) is 5.59. The molecule has 0 spiro atoms. The van der Waals surface area contributed by atoms with Gasteiger partial charge in [-0.25, -0.2) is 0 Å². The maximum absolute atomic E-state index is 12.0. The molecule has 2 N–H and O–H groups in total. The van der Waals surface area contributed by atoms with E-state index in [1.165, 1.54) is 32.1 Å². The van der Waals surface area contributed by atoms with Crippen molar-refractivity contribution in [2.45, 2.75) is 38.5 Å². The average Bonchev–Trinajstić information content (AvgIpc) is 2.54. The summed E-state index contributed by atoms with van der Waals surface area (Å²) in [5.41, 5.74) is 1.47. The summed E-state index contributed by atoms with van der Waals surface area (Å²) < 4.78 is 0. The number of hydrogen-bond acceptors (Lipinski definition) is 2. The number of carbonyl (C=O) groups is 1. The fourth-order valence-corrected chi connectivity index (χ4v) is 2.81. The van der Waals surface area contributed by atoms with Gasteiger partial charge in [0.25, 0.3) is 5.91 Å². The number of carbonyl (C=O) groups excluding carboxylic acids is 1.